The molecule has 24 heavy (non-hydrogen) atoms. The Morgan fingerprint density at radius 1 is 0.792 bits per heavy atom. The van der Waals surface area contributed by atoms with Gasteiger partial charge >= 0.3 is 0 Å². The van der Waals surface area contributed by atoms with Gasteiger partial charge in [-0.05, 0) is 23.6 Å². The number of fused-ring (bicyclic) bond motifs is 3. The fraction of sp³-hybridized carbons (Fsp3) is 0. The second kappa shape index (κ2) is 6.01. The summed E-state index contributed by atoms with van der Waals surface area (Å²) in [7, 11) is 0. The average Bonchev–Trinajstić information content (AvgIpc) is 2.63. The van der Waals surface area contributed by atoms with Crippen LogP contribution in [-0.2, 0) is 0 Å². The third-order valence-electron chi connectivity index (χ3n) is 3.92. The minimum absolute atomic E-state index is 0.194. The predicted molar refractivity (Wildman–Crippen MR) is 98.6 cm³/mol. The van der Waals surface area contributed by atoms with Crippen molar-refractivity contribution >= 4 is 33.7 Å². The molecule has 3 aromatic carbocycles. The van der Waals surface area contributed by atoms with E-state index in [1.54, 1.807) is 24.4 Å². The van der Waals surface area contributed by atoms with Gasteiger partial charge in [-0.3, -0.25) is 5.43 Å². The van der Waals surface area contributed by atoms with Gasteiger partial charge in [-0.2, -0.15) is 5.10 Å². The van der Waals surface area contributed by atoms with Crippen molar-refractivity contribution in [2.75, 3.05) is 5.43 Å². The van der Waals surface area contributed by atoms with Crippen LogP contribution < -0.4 is 5.43 Å². The standard InChI is InChI=1S/C20H15N3O/c24-19-12-6-1-7-14(19)13-21-23-20-17-10-3-2-8-15(17)16-9-4-5-11-18(16)22-20/h1-13,24H,(H,22,23). The van der Waals surface area contributed by atoms with Gasteiger partial charge in [0.2, 0.25) is 0 Å². The van der Waals surface area contributed by atoms with Gasteiger partial charge in [0.05, 0.1) is 11.7 Å². The molecule has 0 unspecified atom stereocenters. The molecule has 0 aliphatic rings. The van der Waals surface area contributed by atoms with E-state index < -0.39 is 0 Å². The molecule has 4 nitrogen and oxygen atoms in total. The van der Waals surface area contributed by atoms with E-state index >= 15 is 0 Å². The minimum atomic E-state index is 0.194. The van der Waals surface area contributed by atoms with E-state index in [1.165, 1.54) is 0 Å². The maximum Gasteiger partial charge on any atom is 0.154 e. The SMILES string of the molecule is Oc1ccccc1C=NNc1nc2ccccc2c2ccccc12. The number of aromatic hydroxyl groups is 1. The average molecular weight is 313 g/mol. The minimum Gasteiger partial charge on any atom is -0.507 e. The topological polar surface area (TPSA) is 57.5 Å². The molecule has 0 amide bonds. The van der Waals surface area contributed by atoms with Gasteiger partial charge < -0.3 is 5.11 Å². The fourth-order valence-corrected chi connectivity index (χ4v) is 2.75. The van der Waals surface area contributed by atoms with Crippen LogP contribution in [0.15, 0.2) is 77.9 Å². The lowest BCUT2D eigenvalue weighted by Crippen LogP contribution is -1.96. The van der Waals surface area contributed by atoms with Gasteiger partial charge in [-0.15, -0.1) is 0 Å². The number of nitrogens with zero attached hydrogens (tertiary/aromatic N) is 2. The number of hydrogen-bond donors (Lipinski definition) is 2. The van der Waals surface area contributed by atoms with E-state index in [-0.39, 0.29) is 5.75 Å². The third kappa shape index (κ3) is 2.54. The Morgan fingerprint density at radius 3 is 2.29 bits per heavy atom. The van der Waals surface area contributed by atoms with Gasteiger partial charge in [0.15, 0.2) is 5.82 Å². The number of aromatic nitrogens is 1. The number of benzene rings is 3. The number of nitrogens with one attached hydrogen (secondary N) is 1. The molecule has 0 bridgehead atoms. The highest BCUT2D eigenvalue weighted by atomic mass is 16.3. The zero-order chi connectivity index (χ0) is 16.4. The fourth-order valence-electron chi connectivity index (χ4n) is 2.75. The summed E-state index contributed by atoms with van der Waals surface area (Å²) in [5.74, 6) is 0.885. The van der Waals surface area contributed by atoms with Crippen LogP contribution in [0.1, 0.15) is 5.56 Å². The maximum absolute atomic E-state index is 9.79. The Balaban J connectivity index is 1.77. The molecule has 0 saturated carbocycles. The molecular formula is C20H15N3O. The first-order valence-corrected chi connectivity index (χ1v) is 7.67. The van der Waals surface area contributed by atoms with Crippen molar-refractivity contribution in [3.8, 4) is 5.75 Å². The molecule has 4 rings (SSSR count). The molecule has 0 spiro atoms. The van der Waals surface area contributed by atoms with Crippen LogP contribution in [0.2, 0.25) is 0 Å². The maximum atomic E-state index is 9.79. The highest BCUT2D eigenvalue weighted by molar-refractivity contribution is 6.10. The third-order valence-corrected chi connectivity index (χ3v) is 3.92. The summed E-state index contributed by atoms with van der Waals surface area (Å²) in [6.45, 7) is 0. The number of hydrogen-bond acceptors (Lipinski definition) is 4. The second-order valence-electron chi connectivity index (χ2n) is 5.45. The highest BCUT2D eigenvalue weighted by Gasteiger charge is 2.06. The van der Waals surface area contributed by atoms with Gasteiger partial charge in [-0.1, -0.05) is 54.6 Å². The lowest BCUT2D eigenvalue weighted by Gasteiger charge is -2.08. The Bertz CT molecular complexity index is 1060. The molecule has 4 heteroatoms. The number of phenolic OH excluding ortho intramolecular Hbond substituents is 1. The van der Waals surface area contributed by atoms with Crippen molar-refractivity contribution in [3.05, 3.63) is 78.4 Å². The number of phenols is 1. The smallest absolute Gasteiger partial charge is 0.154 e. The molecule has 0 aliphatic carbocycles. The summed E-state index contributed by atoms with van der Waals surface area (Å²) in [6.07, 6.45) is 1.58. The van der Waals surface area contributed by atoms with Gasteiger partial charge in [0, 0.05) is 16.3 Å². The Hall–Kier alpha value is -3.40. The first-order chi connectivity index (χ1) is 11.8. The summed E-state index contributed by atoms with van der Waals surface area (Å²) in [6, 6.07) is 23.2. The van der Waals surface area contributed by atoms with Crippen LogP contribution in [-0.4, -0.2) is 16.3 Å². The quantitative estimate of drug-likeness (QED) is 0.332. The molecule has 0 aliphatic heterocycles. The normalized spacial score (nSPS) is 11.3. The monoisotopic (exact) mass is 313 g/mol. The van der Waals surface area contributed by atoms with Crippen molar-refractivity contribution in [1.82, 2.24) is 4.98 Å². The summed E-state index contributed by atoms with van der Waals surface area (Å²) in [5, 5.41) is 17.3. The van der Waals surface area contributed by atoms with Crippen molar-refractivity contribution < 1.29 is 5.11 Å². The number of pyridine rings is 1. The predicted octanol–water partition coefficient (Wildman–Crippen LogP) is 4.54. The number of hydrazone groups is 1. The van der Waals surface area contributed by atoms with E-state index in [2.05, 4.69) is 27.6 Å². The van der Waals surface area contributed by atoms with Crippen molar-refractivity contribution in [1.29, 1.82) is 0 Å². The van der Waals surface area contributed by atoms with Crippen molar-refractivity contribution in [3.63, 3.8) is 0 Å². The Kier molecular flexibility index (Phi) is 3.56. The lowest BCUT2D eigenvalue weighted by molar-refractivity contribution is 0.474. The van der Waals surface area contributed by atoms with E-state index in [1.807, 2.05) is 42.5 Å². The Labute approximate surface area is 139 Å². The molecule has 0 atom stereocenters. The number of para-hydroxylation sites is 2. The van der Waals surface area contributed by atoms with E-state index in [9.17, 15) is 5.11 Å². The number of rotatable bonds is 3. The van der Waals surface area contributed by atoms with Crippen LogP contribution in [0.25, 0.3) is 21.7 Å². The van der Waals surface area contributed by atoms with Crippen molar-refractivity contribution in [2.24, 2.45) is 5.10 Å². The molecule has 2 N–H and O–H groups in total. The molecule has 0 fully saturated rings. The molecular weight excluding hydrogens is 298 g/mol. The van der Waals surface area contributed by atoms with E-state index in [0.29, 0.717) is 11.4 Å². The van der Waals surface area contributed by atoms with Crippen LogP contribution >= 0.6 is 0 Å². The second-order valence-corrected chi connectivity index (χ2v) is 5.45. The summed E-state index contributed by atoms with van der Waals surface area (Å²) in [5.41, 5.74) is 4.56. The van der Waals surface area contributed by atoms with Gasteiger partial charge in [-0.25, -0.2) is 4.98 Å². The Morgan fingerprint density at radius 2 is 1.46 bits per heavy atom. The summed E-state index contributed by atoms with van der Waals surface area (Å²) >= 11 is 0. The van der Waals surface area contributed by atoms with Crippen LogP contribution in [0.5, 0.6) is 5.75 Å². The molecule has 0 radical (unpaired) electrons. The summed E-state index contributed by atoms with van der Waals surface area (Å²) in [4.78, 5) is 4.67. The zero-order valence-electron chi connectivity index (χ0n) is 12.8. The van der Waals surface area contributed by atoms with Crippen LogP contribution in [0, 0.1) is 0 Å². The summed E-state index contributed by atoms with van der Waals surface area (Å²) < 4.78 is 0. The lowest BCUT2D eigenvalue weighted by atomic mass is 10.1. The van der Waals surface area contributed by atoms with Gasteiger partial charge in [0.1, 0.15) is 5.75 Å². The molecule has 0 saturated heterocycles. The molecule has 116 valence electrons. The largest absolute Gasteiger partial charge is 0.507 e. The molecule has 1 aromatic heterocycles. The zero-order valence-corrected chi connectivity index (χ0v) is 12.8. The van der Waals surface area contributed by atoms with E-state index in [0.717, 1.165) is 21.7 Å². The first-order valence-electron chi connectivity index (χ1n) is 7.67. The molecule has 4 aromatic rings. The van der Waals surface area contributed by atoms with Crippen LogP contribution in [0.3, 0.4) is 0 Å². The van der Waals surface area contributed by atoms with Crippen molar-refractivity contribution in [2.45, 2.75) is 0 Å². The van der Waals surface area contributed by atoms with Gasteiger partial charge in [0.25, 0.3) is 0 Å². The van der Waals surface area contributed by atoms with Crippen LogP contribution in [0.4, 0.5) is 5.82 Å². The van der Waals surface area contributed by atoms with E-state index in [4.69, 9.17) is 0 Å². The highest BCUT2D eigenvalue weighted by Crippen LogP contribution is 2.29. The molecule has 1 heterocycles. The number of anilines is 1. The first kappa shape index (κ1) is 14.2.